The van der Waals surface area contributed by atoms with Gasteiger partial charge in [-0.15, -0.1) is 0 Å². The van der Waals surface area contributed by atoms with E-state index < -0.39 is 11.7 Å². The lowest BCUT2D eigenvalue weighted by Gasteiger charge is -2.42. The van der Waals surface area contributed by atoms with Gasteiger partial charge < -0.3 is 4.57 Å². The van der Waals surface area contributed by atoms with Gasteiger partial charge >= 0.3 is 6.18 Å². The van der Waals surface area contributed by atoms with Gasteiger partial charge in [0.1, 0.15) is 0 Å². The van der Waals surface area contributed by atoms with Crippen LogP contribution >= 0.6 is 0 Å². The van der Waals surface area contributed by atoms with Crippen LogP contribution in [0.2, 0.25) is 0 Å². The predicted molar refractivity (Wildman–Crippen MR) is 88.3 cm³/mol. The third kappa shape index (κ3) is 3.23. The van der Waals surface area contributed by atoms with Crippen molar-refractivity contribution in [1.29, 1.82) is 0 Å². The second-order valence-electron chi connectivity index (χ2n) is 7.09. The van der Waals surface area contributed by atoms with Gasteiger partial charge in [0.25, 0.3) is 5.56 Å². The highest BCUT2D eigenvalue weighted by Crippen LogP contribution is 2.35. The number of benzene rings is 1. The second kappa shape index (κ2) is 6.02. The molecular formula is C19H19F3N2O. The monoisotopic (exact) mass is 348 g/mol. The standard InChI is InChI=1S/C19H19F3N2O/c20-19(21,22)16-6-4-13(5-7-16)9-23-10-14-8-15(12-23)17-2-1-3-18(25)24(17)11-14/h1-7,14-15H,8-12H2. The SMILES string of the molecule is O=c1cccc2n1CC1CC2CN(Cc2ccc(C(F)(F)F)cc2)C1. The molecule has 2 bridgehead atoms. The van der Waals surface area contributed by atoms with Gasteiger partial charge in [-0.25, -0.2) is 0 Å². The van der Waals surface area contributed by atoms with E-state index in [2.05, 4.69) is 4.90 Å². The summed E-state index contributed by atoms with van der Waals surface area (Å²) in [6.45, 7) is 3.08. The molecule has 0 amide bonds. The second-order valence-corrected chi connectivity index (χ2v) is 7.09. The van der Waals surface area contributed by atoms with Crippen LogP contribution in [0.5, 0.6) is 0 Å². The Bertz CT molecular complexity index is 826. The van der Waals surface area contributed by atoms with Crippen LogP contribution in [0.3, 0.4) is 0 Å². The molecular weight excluding hydrogens is 329 g/mol. The maximum Gasteiger partial charge on any atom is 0.416 e. The van der Waals surface area contributed by atoms with Crippen molar-refractivity contribution in [2.75, 3.05) is 13.1 Å². The fourth-order valence-electron chi connectivity index (χ4n) is 4.18. The van der Waals surface area contributed by atoms with E-state index in [4.69, 9.17) is 0 Å². The lowest BCUT2D eigenvalue weighted by molar-refractivity contribution is -0.137. The number of piperidine rings is 1. The van der Waals surface area contributed by atoms with E-state index >= 15 is 0 Å². The minimum absolute atomic E-state index is 0.0587. The van der Waals surface area contributed by atoms with E-state index in [1.807, 2.05) is 16.7 Å². The molecule has 1 fully saturated rings. The molecule has 0 spiro atoms. The number of halogens is 3. The molecule has 0 aliphatic carbocycles. The zero-order chi connectivity index (χ0) is 17.6. The minimum Gasteiger partial charge on any atom is -0.312 e. The molecule has 6 heteroatoms. The lowest BCUT2D eigenvalue weighted by atomic mass is 9.83. The molecule has 25 heavy (non-hydrogen) atoms. The average Bonchev–Trinajstić information content (AvgIpc) is 2.55. The van der Waals surface area contributed by atoms with Crippen LogP contribution < -0.4 is 5.56 Å². The number of pyridine rings is 1. The normalized spacial score (nSPS) is 23.3. The molecule has 4 rings (SSSR count). The van der Waals surface area contributed by atoms with Gasteiger partial charge in [-0.2, -0.15) is 13.2 Å². The molecule has 132 valence electrons. The van der Waals surface area contributed by atoms with E-state index in [0.717, 1.165) is 49.4 Å². The maximum atomic E-state index is 12.7. The summed E-state index contributed by atoms with van der Waals surface area (Å²) in [7, 11) is 0. The molecule has 2 atom stereocenters. The summed E-state index contributed by atoms with van der Waals surface area (Å²) in [6, 6.07) is 10.8. The Balaban J connectivity index is 1.50. The van der Waals surface area contributed by atoms with Gasteiger partial charge in [-0.1, -0.05) is 18.2 Å². The number of rotatable bonds is 2. The van der Waals surface area contributed by atoms with Crippen LogP contribution in [0.4, 0.5) is 13.2 Å². The van der Waals surface area contributed by atoms with Gasteiger partial charge in [0.15, 0.2) is 0 Å². The highest BCUT2D eigenvalue weighted by Gasteiger charge is 2.34. The fraction of sp³-hybridized carbons (Fsp3) is 0.421. The van der Waals surface area contributed by atoms with E-state index in [1.54, 1.807) is 18.2 Å². The molecule has 1 saturated heterocycles. The number of aromatic nitrogens is 1. The van der Waals surface area contributed by atoms with Crippen LogP contribution in [0.1, 0.15) is 29.2 Å². The molecule has 2 aromatic rings. The van der Waals surface area contributed by atoms with Crippen molar-refractivity contribution in [1.82, 2.24) is 9.47 Å². The summed E-state index contributed by atoms with van der Waals surface area (Å²) in [5, 5.41) is 0. The van der Waals surface area contributed by atoms with Crippen molar-refractivity contribution >= 4 is 0 Å². The van der Waals surface area contributed by atoms with Gasteiger partial charge in [-0.05, 0) is 36.1 Å². The Labute approximate surface area is 143 Å². The summed E-state index contributed by atoms with van der Waals surface area (Å²) < 4.78 is 39.9. The zero-order valence-electron chi connectivity index (χ0n) is 13.7. The highest BCUT2D eigenvalue weighted by molar-refractivity contribution is 5.25. The maximum absolute atomic E-state index is 12.7. The van der Waals surface area contributed by atoms with Crippen molar-refractivity contribution in [2.24, 2.45) is 5.92 Å². The molecule has 0 radical (unpaired) electrons. The molecule has 3 heterocycles. The third-order valence-corrected chi connectivity index (χ3v) is 5.24. The summed E-state index contributed by atoms with van der Waals surface area (Å²) in [6.07, 6.45) is -3.22. The summed E-state index contributed by atoms with van der Waals surface area (Å²) in [5.74, 6) is 0.733. The Hall–Kier alpha value is -2.08. The number of nitrogens with zero attached hydrogens (tertiary/aromatic N) is 2. The van der Waals surface area contributed by atoms with E-state index in [0.29, 0.717) is 18.4 Å². The Morgan fingerprint density at radius 3 is 2.48 bits per heavy atom. The first-order chi connectivity index (χ1) is 11.9. The number of likely N-dealkylation sites (tertiary alicyclic amines) is 1. The first-order valence-corrected chi connectivity index (χ1v) is 8.48. The summed E-state index contributed by atoms with van der Waals surface area (Å²) >= 11 is 0. The molecule has 1 aromatic carbocycles. The first kappa shape index (κ1) is 16.4. The highest BCUT2D eigenvalue weighted by atomic mass is 19.4. The van der Waals surface area contributed by atoms with Crippen LogP contribution in [-0.2, 0) is 19.3 Å². The number of hydrogen-bond acceptors (Lipinski definition) is 2. The van der Waals surface area contributed by atoms with Crippen molar-refractivity contribution in [2.45, 2.75) is 31.6 Å². The summed E-state index contributed by atoms with van der Waals surface area (Å²) in [4.78, 5) is 14.3. The Morgan fingerprint density at radius 1 is 1.00 bits per heavy atom. The van der Waals surface area contributed by atoms with Crippen LogP contribution in [0, 0.1) is 5.92 Å². The molecule has 3 nitrogen and oxygen atoms in total. The molecule has 1 aromatic heterocycles. The minimum atomic E-state index is -4.29. The van der Waals surface area contributed by atoms with Crippen molar-refractivity contribution in [3.63, 3.8) is 0 Å². The molecule has 0 saturated carbocycles. The van der Waals surface area contributed by atoms with Gasteiger partial charge in [0.2, 0.25) is 0 Å². The summed E-state index contributed by atoms with van der Waals surface area (Å²) in [5.41, 5.74) is 1.42. The lowest BCUT2D eigenvalue weighted by Crippen LogP contribution is -2.46. The quantitative estimate of drug-likeness (QED) is 0.830. The van der Waals surface area contributed by atoms with Gasteiger partial charge in [-0.3, -0.25) is 9.69 Å². The van der Waals surface area contributed by atoms with E-state index in [1.165, 1.54) is 0 Å². The Morgan fingerprint density at radius 2 is 1.76 bits per heavy atom. The largest absolute Gasteiger partial charge is 0.416 e. The van der Waals surface area contributed by atoms with E-state index in [9.17, 15) is 18.0 Å². The molecule has 2 aliphatic rings. The number of hydrogen-bond donors (Lipinski definition) is 0. The third-order valence-electron chi connectivity index (χ3n) is 5.24. The fourth-order valence-corrected chi connectivity index (χ4v) is 4.18. The van der Waals surface area contributed by atoms with Gasteiger partial charge in [0.05, 0.1) is 5.56 Å². The Kier molecular flexibility index (Phi) is 3.95. The predicted octanol–water partition coefficient (Wildman–Crippen LogP) is 3.49. The van der Waals surface area contributed by atoms with Crippen molar-refractivity contribution in [3.8, 4) is 0 Å². The van der Waals surface area contributed by atoms with Crippen LogP contribution in [0.25, 0.3) is 0 Å². The smallest absolute Gasteiger partial charge is 0.312 e. The average molecular weight is 348 g/mol. The molecule has 2 unspecified atom stereocenters. The van der Waals surface area contributed by atoms with Gasteiger partial charge in [0, 0.05) is 43.9 Å². The first-order valence-electron chi connectivity index (χ1n) is 8.48. The molecule has 0 N–H and O–H groups in total. The van der Waals surface area contributed by atoms with Crippen LogP contribution in [-0.4, -0.2) is 22.6 Å². The number of fused-ring (bicyclic) bond motifs is 4. The topological polar surface area (TPSA) is 25.2 Å². The van der Waals surface area contributed by atoms with Crippen LogP contribution in [0.15, 0.2) is 47.3 Å². The van der Waals surface area contributed by atoms with Crippen molar-refractivity contribution in [3.05, 3.63) is 69.6 Å². The van der Waals surface area contributed by atoms with E-state index in [-0.39, 0.29) is 5.56 Å². The molecule has 2 aliphatic heterocycles. The number of alkyl halides is 3. The zero-order valence-corrected chi connectivity index (χ0v) is 13.7. The van der Waals surface area contributed by atoms with Crippen molar-refractivity contribution < 1.29 is 13.2 Å².